The van der Waals surface area contributed by atoms with Crippen LogP contribution < -0.4 is 24.0 Å². The molecule has 0 N–H and O–H groups in total. The van der Waals surface area contributed by atoms with E-state index in [0.717, 1.165) is 12.8 Å². The predicted octanol–water partition coefficient (Wildman–Crippen LogP) is -0.182. The summed E-state index contributed by atoms with van der Waals surface area (Å²) in [4.78, 5) is 0. The SMILES string of the molecule is [CH2-]CC(CCC)OC(C)(C)C.[I-].[Mg+2]. The van der Waals surface area contributed by atoms with E-state index in [1.807, 2.05) is 0 Å². The third-order valence-corrected chi connectivity index (χ3v) is 1.45. The van der Waals surface area contributed by atoms with Gasteiger partial charge in [-0.05, 0) is 27.2 Å². The van der Waals surface area contributed by atoms with Crippen LogP contribution in [0.25, 0.3) is 0 Å². The number of ether oxygens (including phenoxy) is 1. The molecule has 0 saturated carbocycles. The molecule has 0 fully saturated rings. The molecule has 0 aliphatic heterocycles. The van der Waals surface area contributed by atoms with Crippen molar-refractivity contribution in [2.24, 2.45) is 0 Å². The number of hydrogen-bond donors (Lipinski definition) is 0. The molecule has 76 valence electrons. The summed E-state index contributed by atoms with van der Waals surface area (Å²) in [5.74, 6) is 0. The van der Waals surface area contributed by atoms with E-state index in [-0.39, 0.29) is 52.6 Å². The molecule has 13 heavy (non-hydrogen) atoms. The van der Waals surface area contributed by atoms with Crippen molar-refractivity contribution in [1.82, 2.24) is 0 Å². The summed E-state index contributed by atoms with van der Waals surface area (Å²) in [6.07, 6.45) is 3.53. The van der Waals surface area contributed by atoms with Crippen LogP contribution in [-0.2, 0) is 4.74 Å². The molecular formula is C10H21IMgO. The van der Waals surface area contributed by atoms with Crippen molar-refractivity contribution in [1.29, 1.82) is 0 Å². The van der Waals surface area contributed by atoms with E-state index in [2.05, 4.69) is 34.6 Å². The van der Waals surface area contributed by atoms with Gasteiger partial charge < -0.3 is 35.6 Å². The van der Waals surface area contributed by atoms with Crippen LogP contribution in [0.4, 0.5) is 0 Å². The van der Waals surface area contributed by atoms with E-state index < -0.39 is 0 Å². The minimum atomic E-state index is -0.0163. The normalized spacial score (nSPS) is 12.7. The summed E-state index contributed by atoms with van der Waals surface area (Å²) < 4.78 is 5.76. The maximum atomic E-state index is 5.76. The van der Waals surface area contributed by atoms with Crippen molar-refractivity contribution in [2.75, 3.05) is 0 Å². The molecule has 1 atom stereocenters. The Morgan fingerprint density at radius 3 is 2.00 bits per heavy atom. The molecule has 0 radical (unpaired) electrons. The Bertz CT molecular complexity index is 102. The van der Waals surface area contributed by atoms with Gasteiger partial charge >= 0.3 is 23.1 Å². The minimum absolute atomic E-state index is 0. The second-order valence-electron chi connectivity index (χ2n) is 3.93. The van der Waals surface area contributed by atoms with Crippen molar-refractivity contribution in [3.05, 3.63) is 6.92 Å². The first-order chi connectivity index (χ1) is 4.99. The number of rotatable bonds is 4. The van der Waals surface area contributed by atoms with Gasteiger partial charge in [-0.15, -0.1) is 0 Å². The zero-order valence-corrected chi connectivity index (χ0v) is 13.0. The Labute approximate surface area is 117 Å². The fraction of sp³-hybridized carbons (Fsp3) is 0.900. The standard InChI is InChI=1S/C10H21O.HI.Mg/c1-6-8-9(7-2)11-10(3,4)5;;/h9H,2,6-8H2,1,3-5H3;1H;/q-1;;+2/p-1. The monoisotopic (exact) mass is 308 g/mol. The van der Waals surface area contributed by atoms with Gasteiger partial charge in [0.25, 0.3) is 0 Å². The molecule has 0 aromatic carbocycles. The zero-order chi connectivity index (χ0) is 8.91. The second-order valence-corrected chi connectivity index (χ2v) is 3.93. The van der Waals surface area contributed by atoms with Gasteiger partial charge in [-0.25, -0.2) is 0 Å². The Balaban J connectivity index is -0.000000500. The molecule has 0 aliphatic carbocycles. The summed E-state index contributed by atoms with van der Waals surface area (Å²) in [6, 6.07) is 0. The summed E-state index contributed by atoms with van der Waals surface area (Å²) in [5, 5.41) is 0. The Morgan fingerprint density at radius 1 is 1.31 bits per heavy atom. The topological polar surface area (TPSA) is 9.23 Å². The smallest absolute Gasteiger partial charge is 1.00 e. The molecule has 1 unspecified atom stereocenters. The van der Waals surface area contributed by atoms with Gasteiger partial charge in [0, 0.05) is 6.10 Å². The summed E-state index contributed by atoms with van der Waals surface area (Å²) in [6.45, 7) is 12.3. The van der Waals surface area contributed by atoms with E-state index in [4.69, 9.17) is 4.74 Å². The average molecular weight is 308 g/mol. The van der Waals surface area contributed by atoms with Crippen molar-refractivity contribution in [3.63, 3.8) is 0 Å². The first-order valence-corrected chi connectivity index (χ1v) is 4.46. The average Bonchev–Trinajstić information content (AvgIpc) is 1.84. The summed E-state index contributed by atoms with van der Waals surface area (Å²) in [5.41, 5.74) is -0.0163. The van der Waals surface area contributed by atoms with Gasteiger partial charge in [0.2, 0.25) is 0 Å². The molecule has 0 rings (SSSR count). The Morgan fingerprint density at radius 2 is 1.77 bits per heavy atom. The van der Waals surface area contributed by atoms with Crippen molar-refractivity contribution in [3.8, 4) is 0 Å². The van der Waals surface area contributed by atoms with Gasteiger partial charge in [-0.3, -0.25) is 0 Å². The third-order valence-electron chi connectivity index (χ3n) is 1.45. The summed E-state index contributed by atoms with van der Waals surface area (Å²) >= 11 is 0. The van der Waals surface area contributed by atoms with E-state index in [1.165, 1.54) is 6.42 Å². The van der Waals surface area contributed by atoms with Crippen LogP contribution in [0, 0.1) is 6.92 Å². The van der Waals surface area contributed by atoms with E-state index in [0.29, 0.717) is 6.10 Å². The van der Waals surface area contributed by atoms with Gasteiger partial charge in [-0.1, -0.05) is 13.3 Å². The Kier molecular flexibility index (Phi) is 15.3. The summed E-state index contributed by atoms with van der Waals surface area (Å²) in [7, 11) is 0. The third kappa shape index (κ3) is 13.5. The predicted molar refractivity (Wildman–Crippen MR) is 55.3 cm³/mol. The first kappa shape index (κ1) is 19.9. The van der Waals surface area contributed by atoms with Gasteiger partial charge in [0.15, 0.2) is 0 Å². The van der Waals surface area contributed by atoms with Crippen molar-refractivity contribution >= 4 is 23.1 Å². The molecule has 0 saturated heterocycles. The van der Waals surface area contributed by atoms with Crippen LogP contribution in [0.15, 0.2) is 0 Å². The van der Waals surface area contributed by atoms with Crippen LogP contribution in [0.5, 0.6) is 0 Å². The number of hydrogen-bond acceptors (Lipinski definition) is 1. The molecule has 1 nitrogen and oxygen atoms in total. The van der Waals surface area contributed by atoms with E-state index >= 15 is 0 Å². The van der Waals surface area contributed by atoms with Crippen molar-refractivity contribution < 1.29 is 28.7 Å². The molecule has 0 amide bonds. The molecular weight excluding hydrogens is 287 g/mol. The van der Waals surface area contributed by atoms with Crippen LogP contribution in [0.3, 0.4) is 0 Å². The van der Waals surface area contributed by atoms with Gasteiger partial charge in [0.1, 0.15) is 0 Å². The fourth-order valence-corrected chi connectivity index (χ4v) is 1.08. The van der Waals surface area contributed by atoms with Crippen LogP contribution >= 0.6 is 0 Å². The maximum Gasteiger partial charge on any atom is 2.00 e. The van der Waals surface area contributed by atoms with E-state index in [1.54, 1.807) is 0 Å². The first-order valence-electron chi connectivity index (χ1n) is 4.46. The maximum absolute atomic E-state index is 5.76. The van der Waals surface area contributed by atoms with E-state index in [9.17, 15) is 0 Å². The van der Waals surface area contributed by atoms with Gasteiger partial charge in [0.05, 0.1) is 5.60 Å². The zero-order valence-electron chi connectivity index (χ0n) is 9.40. The van der Waals surface area contributed by atoms with Crippen LogP contribution in [0.2, 0.25) is 0 Å². The molecule has 0 aromatic heterocycles. The quantitative estimate of drug-likeness (QED) is 0.398. The van der Waals surface area contributed by atoms with Crippen molar-refractivity contribution in [2.45, 2.75) is 58.7 Å². The molecule has 0 bridgehead atoms. The van der Waals surface area contributed by atoms with Gasteiger partial charge in [-0.2, -0.15) is 6.42 Å². The number of halogens is 1. The second kappa shape index (κ2) is 9.99. The molecule has 0 aromatic rings. The van der Waals surface area contributed by atoms with Crippen LogP contribution in [0.1, 0.15) is 47.0 Å². The minimum Gasteiger partial charge on any atom is -1.00 e. The fourth-order valence-electron chi connectivity index (χ4n) is 1.08. The molecule has 0 spiro atoms. The Hall–Kier alpha value is 1.46. The van der Waals surface area contributed by atoms with Crippen LogP contribution in [-0.4, -0.2) is 34.8 Å². The largest absolute Gasteiger partial charge is 2.00 e. The molecule has 3 heteroatoms. The molecule has 0 aliphatic rings. The molecule has 0 heterocycles.